The Morgan fingerprint density at radius 1 is 1.46 bits per heavy atom. The van der Waals surface area contributed by atoms with E-state index in [1.165, 1.54) is 12.8 Å². The summed E-state index contributed by atoms with van der Waals surface area (Å²) in [5.41, 5.74) is 0.0295. The SMILES string of the molecule is COCC1(c2nn[nH]n2)CCCC1. The van der Waals surface area contributed by atoms with Crippen molar-refractivity contribution in [1.29, 1.82) is 0 Å². The number of nitrogens with zero attached hydrogens (tertiary/aromatic N) is 3. The van der Waals surface area contributed by atoms with E-state index < -0.39 is 0 Å². The van der Waals surface area contributed by atoms with Crippen LogP contribution in [0.4, 0.5) is 0 Å². The molecular formula is C8H14N4O. The van der Waals surface area contributed by atoms with Crippen LogP contribution in [0, 0.1) is 0 Å². The minimum absolute atomic E-state index is 0.0295. The Morgan fingerprint density at radius 2 is 2.23 bits per heavy atom. The number of tetrazole rings is 1. The largest absolute Gasteiger partial charge is 0.384 e. The maximum atomic E-state index is 5.23. The highest BCUT2D eigenvalue weighted by molar-refractivity contribution is 5.07. The fourth-order valence-electron chi connectivity index (χ4n) is 2.15. The van der Waals surface area contributed by atoms with E-state index in [2.05, 4.69) is 20.6 Å². The van der Waals surface area contributed by atoms with Crippen molar-refractivity contribution in [1.82, 2.24) is 20.6 Å². The first-order chi connectivity index (χ1) is 6.37. The number of aromatic nitrogens is 4. The summed E-state index contributed by atoms with van der Waals surface area (Å²) >= 11 is 0. The second-order valence-electron chi connectivity index (χ2n) is 3.66. The smallest absolute Gasteiger partial charge is 0.182 e. The lowest BCUT2D eigenvalue weighted by molar-refractivity contribution is 0.127. The molecule has 0 unspecified atom stereocenters. The second kappa shape index (κ2) is 3.41. The Hall–Kier alpha value is -0.970. The van der Waals surface area contributed by atoms with E-state index in [0.717, 1.165) is 18.7 Å². The number of H-pyrrole nitrogens is 1. The Morgan fingerprint density at radius 3 is 2.77 bits per heavy atom. The van der Waals surface area contributed by atoms with Crippen molar-refractivity contribution >= 4 is 0 Å². The number of rotatable bonds is 3. The van der Waals surface area contributed by atoms with E-state index >= 15 is 0 Å². The van der Waals surface area contributed by atoms with E-state index in [1.807, 2.05) is 0 Å². The first-order valence-corrected chi connectivity index (χ1v) is 4.60. The van der Waals surface area contributed by atoms with Crippen molar-refractivity contribution in [2.24, 2.45) is 0 Å². The summed E-state index contributed by atoms with van der Waals surface area (Å²) in [5, 5.41) is 14.2. The first-order valence-electron chi connectivity index (χ1n) is 4.60. The van der Waals surface area contributed by atoms with Crippen molar-refractivity contribution in [3.05, 3.63) is 5.82 Å². The summed E-state index contributed by atoms with van der Waals surface area (Å²) in [5.74, 6) is 0.812. The van der Waals surface area contributed by atoms with Gasteiger partial charge in [-0.25, -0.2) is 0 Å². The van der Waals surface area contributed by atoms with Gasteiger partial charge in [-0.3, -0.25) is 0 Å². The standard InChI is InChI=1S/C8H14N4O/c1-13-6-8(4-2-3-5-8)7-9-11-12-10-7/h2-6H2,1H3,(H,9,10,11,12). The average Bonchev–Trinajstić information content (AvgIpc) is 2.73. The zero-order valence-electron chi connectivity index (χ0n) is 7.79. The number of ether oxygens (including phenoxy) is 1. The Bertz CT molecular complexity index is 253. The molecule has 0 amide bonds. The molecule has 1 aromatic rings. The molecule has 0 aliphatic heterocycles. The molecule has 0 saturated heterocycles. The maximum Gasteiger partial charge on any atom is 0.182 e. The van der Waals surface area contributed by atoms with Crippen LogP contribution in [0.3, 0.4) is 0 Å². The van der Waals surface area contributed by atoms with Crippen LogP contribution in [0.5, 0.6) is 0 Å². The zero-order valence-corrected chi connectivity index (χ0v) is 7.79. The van der Waals surface area contributed by atoms with Crippen LogP contribution in [-0.2, 0) is 10.2 Å². The number of hydrogen-bond donors (Lipinski definition) is 1. The van der Waals surface area contributed by atoms with Crippen LogP contribution >= 0.6 is 0 Å². The quantitative estimate of drug-likeness (QED) is 0.745. The molecule has 72 valence electrons. The lowest BCUT2D eigenvalue weighted by Crippen LogP contribution is -2.29. The molecule has 1 aromatic heterocycles. The lowest BCUT2D eigenvalue weighted by Gasteiger charge is -2.23. The van der Waals surface area contributed by atoms with E-state index in [9.17, 15) is 0 Å². The number of nitrogens with one attached hydrogen (secondary N) is 1. The van der Waals surface area contributed by atoms with Crippen molar-refractivity contribution in [3.63, 3.8) is 0 Å². The Kier molecular flexibility index (Phi) is 2.26. The molecule has 0 radical (unpaired) electrons. The van der Waals surface area contributed by atoms with E-state index in [4.69, 9.17) is 4.74 Å². The molecular weight excluding hydrogens is 168 g/mol. The minimum Gasteiger partial charge on any atom is -0.384 e. The fourth-order valence-corrected chi connectivity index (χ4v) is 2.15. The molecule has 1 aliphatic carbocycles. The molecule has 1 N–H and O–H groups in total. The van der Waals surface area contributed by atoms with Crippen molar-refractivity contribution in [3.8, 4) is 0 Å². The third-order valence-electron chi connectivity index (χ3n) is 2.80. The van der Waals surface area contributed by atoms with Crippen LogP contribution in [0.15, 0.2) is 0 Å². The summed E-state index contributed by atoms with van der Waals surface area (Å²) in [6.07, 6.45) is 4.69. The second-order valence-corrected chi connectivity index (χ2v) is 3.66. The van der Waals surface area contributed by atoms with Gasteiger partial charge in [-0.05, 0) is 12.8 Å². The molecule has 5 heteroatoms. The van der Waals surface area contributed by atoms with Gasteiger partial charge in [-0.1, -0.05) is 18.1 Å². The predicted molar refractivity (Wildman–Crippen MR) is 46.2 cm³/mol. The lowest BCUT2D eigenvalue weighted by atomic mass is 9.86. The molecule has 13 heavy (non-hydrogen) atoms. The molecule has 0 bridgehead atoms. The molecule has 0 spiro atoms. The van der Waals surface area contributed by atoms with Gasteiger partial charge in [-0.15, -0.1) is 10.2 Å². The van der Waals surface area contributed by atoms with Gasteiger partial charge >= 0.3 is 0 Å². The Labute approximate surface area is 76.9 Å². The van der Waals surface area contributed by atoms with Crippen LogP contribution in [-0.4, -0.2) is 34.3 Å². The van der Waals surface area contributed by atoms with E-state index in [0.29, 0.717) is 6.61 Å². The fraction of sp³-hybridized carbons (Fsp3) is 0.875. The van der Waals surface area contributed by atoms with Crippen LogP contribution in [0.1, 0.15) is 31.5 Å². The number of hydrogen-bond acceptors (Lipinski definition) is 4. The monoisotopic (exact) mass is 182 g/mol. The third kappa shape index (κ3) is 1.44. The third-order valence-corrected chi connectivity index (χ3v) is 2.80. The molecule has 0 aromatic carbocycles. The van der Waals surface area contributed by atoms with Gasteiger partial charge < -0.3 is 4.74 Å². The molecule has 1 saturated carbocycles. The minimum atomic E-state index is 0.0295. The molecule has 1 aliphatic rings. The average molecular weight is 182 g/mol. The highest BCUT2D eigenvalue weighted by Gasteiger charge is 2.39. The summed E-state index contributed by atoms with van der Waals surface area (Å²) in [6.45, 7) is 0.701. The van der Waals surface area contributed by atoms with Gasteiger partial charge in [-0.2, -0.15) is 5.21 Å². The van der Waals surface area contributed by atoms with Crippen LogP contribution in [0.25, 0.3) is 0 Å². The first kappa shape index (κ1) is 8.62. The predicted octanol–water partition coefficient (Wildman–Crippen LogP) is 0.658. The van der Waals surface area contributed by atoms with Gasteiger partial charge in [0.1, 0.15) is 0 Å². The molecule has 5 nitrogen and oxygen atoms in total. The summed E-state index contributed by atoms with van der Waals surface area (Å²) in [6, 6.07) is 0. The van der Waals surface area contributed by atoms with Gasteiger partial charge in [0, 0.05) is 7.11 Å². The maximum absolute atomic E-state index is 5.23. The molecule has 2 rings (SSSR count). The highest BCUT2D eigenvalue weighted by Crippen LogP contribution is 2.39. The van der Waals surface area contributed by atoms with Gasteiger partial charge in [0.05, 0.1) is 12.0 Å². The molecule has 1 fully saturated rings. The van der Waals surface area contributed by atoms with Crippen molar-refractivity contribution in [2.45, 2.75) is 31.1 Å². The highest BCUT2D eigenvalue weighted by atomic mass is 16.5. The molecule has 1 heterocycles. The van der Waals surface area contributed by atoms with Gasteiger partial charge in [0.25, 0.3) is 0 Å². The van der Waals surface area contributed by atoms with Crippen molar-refractivity contribution < 1.29 is 4.74 Å². The normalized spacial score (nSPS) is 20.7. The van der Waals surface area contributed by atoms with Gasteiger partial charge in [0.2, 0.25) is 0 Å². The number of aromatic amines is 1. The van der Waals surface area contributed by atoms with Crippen molar-refractivity contribution in [2.75, 3.05) is 13.7 Å². The summed E-state index contributed by atoms with van der Waals surface area (Å²) in [7, 11) is 1.72. The van der Waals surface area contributed by atoms with E-state index in [-0.39, 0.29) is 5.41 Å². The Balaban J connectivity index is 2.22. The van der Waals surface area contributed by atoms with E-state index in [1.54, 1.807) is 7.11 Å². The topological polar surface area (TPSA) is 63.7 Å². The molecule has 0 atom stereocenters. The summed E-state index contributed by atoms with van der Waals surface area (Å²) in [4.78, 5) is 0. The van der Waals surface area contributed by atoms with Crippen LogP contribution < -0.4 is 0 Å². The van der Waals surface area contributed by atoms with Gasteiger partial charge in [0.15, 0.2) is 5.82 Å². The summed E-state index contributed by atoms with van der Waals surface area (Å²) < 4.78 is 5.23. The van der Waals surface area contributed by atoms with Crippen LogP contribution in [0.2, 0.25) is 0 Å². The number of methoxy groups -OCH3 is 1. The zero-order chi connectivity index (χ0) is 9.15.